The van der Waals surface area contributed by atoms with Gasteiger partial charge in [-0.1, -0.05) is 10.3 Å². The van der Waals surface area contributed by atoms with Gasteiger partial charge >= 0.3 is 0 Å². The van der Waals surface area contributed by atoms with Gasteiger partial charge in [0.2, 0.25) is 5.95 Å². The number of hydrogen-bond acceptors (Lipinski definition) is 8. The molecule has 2 aliphatic rings. The Hall–Kier alpha value is -2.55. The summed E-state index contributed by atoms with van der Waals surface area (Å²) in [6.45, 7) is 9.37. The number of anilines is 1. The number of piperazine rings is 1. The first-order valence-corrected chi connectivity index (χ1v) is 9.50. The fraction of sp³-hybridized carbons (Fsp3) is 0.611. The van der Waals surface area contributed by atoms with E-state index >= 15 is 0 Å². The fourth-order valence-corrected chi connectivity index (χ4v) is 3.60. The number of carbonyl (C=O) groups excluding carboxylic acids is 1. The van der Waals surface area contributed by atoms with Crippen LogP contribution in [-0.4, -0.2) is 75.3 Å². The molecule has 2 aromatic rings. The lowest BCUT2D eigenvalue weighted by Gasteiger charge is -2.34. The maximum atomic E-state index is 13.0. The van der Waals surface area contributed by atoms with Crippen LogP contribution in [0, 0.1) is 13.8 Å². The molecule has 0 N–H and O–H groups in total. The summed E-state index contributed by atoms with van der Waals surface area (Å²) in [4.78, 5) is 28.3. The lowest BCUT2D eigenvalue weighted by atomic mass is 10.2. The molecule has 144 valence electrons. The molecule has 1 amide bonds. The predicted octanol–water partition coefficient (Wildman–Crippen LogP) is 1.03. The molecule has 0 saturated carbocycles. The van der Waals surface area contributed by atoms with Crippen LogP contribution in [0.4, 0.5) is 5.95 Å². The summed E-state index contributed by atoms with van der Waals surface area (Å²) < 4.78 is 4.76. The standard InChI is InChI=1S/C18H25N7O2/c1-13-11-15(20-18(19-13)25-5-3-4-6-25)17(26)24-9-7-23(8-10-24)12-16-14(2)21-27-22-16/h11H,3-10,12H2,1-2H3. The number of nitrogens with zero attached hydrogens (tertiary/aromatic N) is 7. The van der Waals surface area contributed by atoms with Crippen LogP contribution in [0.25, 0.3) is 0 Å². The van der Waals surface area contributed by atoms with Crippen LogP contribution in [0.2, 0.25) is 0 Å². The molecular weight excluding hydrogens is 346 g/mol. The fourth-order valence-electron chi connectivity index (χ4n) is 3.60. The van der Waals surface area contributed by atoms with Crippen LogP contribution in [-0.2, 0) is 6.54 Å². The van der Waals surface area contributed by atoms with Crippen LogP contribution in [0.1, 0.15) is 40.4 Å². The highest BCUT2D eigenvalue weighted by Gasteiger charge is 2.25. The third-order valence-corrected chi connectivity index (χ3v) is 5.23. The number of rotatable bonds is 4. The van der Waals surface area contributed by atoms with Gasteiger partial charge in [0, 0.05) is 51.5 Å². The Morgan fingerprint density at radius 1 is 1.04 bits per heavy atom. The van der Waals surface area contributed by atoms with Gasteiger partial charge in [-0.05, 0) is 32.8 Å². The Balaban J connectivity index is 1.40. The first-order chi connectivity index (χ1) is 13.1. The summed E-state index contributed by atoms with van der Waals surface area (Å²) >= 11 is 0. The zero-order valence-electron chi connectivity index (χ0n) is 15.9. The van der Waals surface area contributed by atoms with Crippen molar-refractivity contribution in [2.24, 2.45) is 0 Å². The van der Waals surface area contributed by atoms with Crippen LogP contribution in [0.3, 0.4) is 0 Å². The molecule has 27 heavy (non-hydrogen) atoms. The van der Waals surface area contributed by atoms with Crippen molar-refractivity contribution in [3.05, 3.63) is 28.8 Å². The number of amides is 1. The van der Waals surface area contributed by atoms with Gasteiger partial charge < -0.3 is 9.80 Å². The minimum absolute atomic E-state index is 0.0140. The normalized spacial score (nSPS) is 18.3. The van der Waals surface area contributed by atoms with E-state index in [0.29, 0.717) is 31.3 Å². The monoisotopic (exact) mass is 371 g/mol. The van der Waals surface area contributed by atoms with Gasteiger partial charge in [0.05, 0.1) is 0 Å². The lowest BCUT2D eigenvalue weighted by Crippen LogP contribution is -2.48. The topological polar surface area (TPSA) is 91.5 Å². The maximum Gasteiger partial charge on any atom is 0.272 e. The molecule has 9 heteroatoms. The van der Waals surface area contributed by atoms with Gasteiger partial charge in [-0.2, -0.15) is 0 Å². The summed E-state index contributed by atoms with van der Waals surface area (Å²) in [6.07, 6.45) is 2.31. The SMILES string of the molecule is Cc1cc(C(=O)N2CCN(Cc3nonc3C)CC2)nc(N2CCCC2)n1. The molecule has 2 aliphatic heterocycles. The van der Waals surface area contributed by atoms with E-state index in [0.717, 1.165) is 56.1 Å². The average molecular weight is 371 g/mol. The Labute approximate surface area is 158 Å². The van der Waals surface area contributed by atoms with Crippen molar-refractivity contribution in [1.82, 2.24) is 30.1 Å². The molecule has 0 unspecified atom stereocenters. The van der Waals surface area contributed by atoms with Crippen molar-refractivity contribution in [1.29, 1.82) is 0 Å². The highest BCUT2D eigenvalue weighted by atomic mass is 16.6. The van der Waals surface area contributed by atoms with Crippen molar-refractivity contribution in [3.63, 3.8) is 0 Å². The largest absolute Gasteiger partial charge is 0.341 e. The Bertz CT molecular complexity index is 808. The molecule has 0 radical (unpaired) electrons. The maximum absolute atomic E-state index is 13.0. The first-order valence-electron chi connectivity index (χ1n) is 9.50. The molecule has 2 fully saturated rings. The third kappa shape index (κ3) is 3.92. The van der Waals surface area contributed by atoms with E-state index in [-0.39, 0.29) is 5.91 Å². The van der Waals surface area contributed by atoms with E-state index in [4.69, 9.17) is 4.63 Å². The highest BCUT2D eigenvalue weighted by Crippen LogP contribution is 2.18. The number of hydrogen-bond donors (Lipinski definition) is 0. The Kier molecular flexibility index (Phi) is 5.02. The van der Waals surface area contributed by atoms with Gasteiger partial charge in [-0.25, -0.2) is 14.6 Å². The Morgan fingerprint density at radius 2 is 1.78 bits per heavy atom. The summed E-state index contributed by atoms with van der Waals surface area (Å²) in [5, 5.41) is 7.76. The summed E-state index contributed by atoms with van der Waals surface area (Å²) in [6, 6.07) is 1.79. The molecular formula is C18H25N7O2. The molecule has 0 aromatic carbocycles. The van der Waals surface area contributed by atoms with E-state index in [1.807, 2.05) is 18.7 Å². The third-order valence-electron chi connectivity index (χ3n) is 5.23. The van der Waals surface area contributed by atoms with Crippen LogP contribution in [0.5, 0.6) is 0 Å². The Morgan fingerprint density at radius 3 is 2.44 bits per heavy atom. The zero-order valence-corrected chi connectivity index (χ0v) is 15.9. The summed E-state index contributed by atoms with van der Waals surface area (Å²) in [5.74, 6) is 0.670. The van der Waals surface area contributed by atoms with Gasteiger partial charge in [-0.15, -0.1) is 0 Å². The van der Waals surface area contributed by atoms with Crippen LogP contribution in [0.15, 0.2) is 10.7 Å². The van der Waals surface area contributed by atoms with E-state index in [2.05, 4.69) is 30.1 Å². The summed E-state index contributed by atoms with van der Waals surface area (Å²) in [5.41, 5.74) is 3.01. The van der Waals surface area contributed by atoms with Gasteiger partial charge in [0.15, 0.2) is 0 Å². The van der Waals surface area contributed by atoms with E-state index in [9.17, 15) is 4.79 Å². The van der Waals surface area contributed by atoms with Crippen molar-refractivity contribution >= 4 is 11.9 Å². The minimum atomic E-state index is -0.0140. The molecule has 4 rings (SSSR count). The first kappa shape index (κ1) is 17.8. The molecule has 2 saturated heterocycles. The number of carbonyl (C=O) groups is 1. The molecule has 2 aromatic heterocycles. The smallest absolute Gasteiger partial charge is 0.272 e. The molecule has 9 nitrogen and oxygen atoms in total. The average Bonchev–Trinajstić information content (AvgIpc) is 3.34. The molecule has 0 spiro atoms. The van der Waals surface area contributed by atoms with Gasteiger partial charge in [0.1, 0.15) is 17.1 Å². The van der Waals surface area contributed by atoms with Crippen molar-refractivity contribution in [2.75, 3.05) is 44.2 Å². The molecule has 0 bridgehead atoms. The number of aryl methyl sites for hydroxylation is 2. The van der Waals surface area contributed by atoms with Crippen LogP contribution >= 0.6 is 0 Å². The van der Waals surface area contributed by atoms with Gasteiger partial charge in [-0.3, -0.25) is 9.69 Å². The van der Waals surface area contributed by atoms with E-state index < -0.39 is 0 Å². The second-order valence-electron chi connectivity index (χ2n) is 7.25. The molecule has 4 heterocycles. The molecule has 0 aliphatic carbocycles. The van der Waals surface area contributed by atoms with Gasteiger partial charge in [0.25, 0.3) is 5.91 Å². The summed E-state index contributed by atoms with van der Waals surface area (Å²) in [7, 11) is 0. The van der Waals surface area contributed by atoms with Crippen molar-refractivity contribution in [3.8, 4) is 0 Å². The van der Waals surface area contributed by atoms with E-state index in [1.165, 1.54) is 0 Å². The van der Waals surface area contributed by atoms with Crippen LogP contribution < -0.4 is 4.90 Å². The van der Waals surface area contributed by atoms with Crippen molar-refractivity contribution < 1.29 is 9.42 Å². The van der Waals surface area contributed by atoms with Crippen molar-refractivity contribution in [2.45, 2.75) is 33.2 Å². The second-order valence-corrected chi connectivity index (χ2v) is 7.25. The predicted molar refractivity (Wildman–Crippen MR) is 98.4 cm³/mol. The molecule has 0 atom stereocenters. The van der Waals surface area contributed by atoms with E-state index in [1.54, 1.807) is 6.07 Å². The lowest BCUT2D eigenvalue weighted by molar-refractivity contribution is 0.0619. The quantitative estimate of drug-likeness (QED) is 0.787. The highest BCUT2D eigenvalue weighted by molar-refractivity contribution is 5.92. The minimum Gasteiger partial charge on any atom is -0.341 e. The second kappa shape index (κ2) is 7.59. The number of aromatic nitrogens is 4. The zero-order chi connectivity index (χ0) is 18.8.